The van der Waals surface area contributed by atoms with Crippen LogP contribution in [-0.2, 0) is 16.1 Å². The van der Waals surface area contributed by atoms with Gasteiger partial charge in [0.2, 0.25) is 0 Å². The molecule has 0 saturated heterocycles. The summed E-state index contributed by atoms with van der Waals surface area (Å²) >= 11 is 0. The maximum Gasteiger partial charge on any atom is 0.328 e. The molecule has 10 heteroatoms. The Morgan fingerprint density at radius 2 is 1.96 bits per heavy atom. The second-order valence-electron chi connectivity index (χ2n) is 5.42. The number of hydrogen-bond donors (Lipinski definition) is 0. The lowest BCUT2D eigenvalue weighted by molar-refractivity contribution is -0.386. The van der Waals surface area contributed by atoms with E-state index in [1.54, 1.807) is 13.0 Å². The van der Waals surface area contributed by atoms with Gasteiger partial charge in [-0.1, -0.05) is 12.1 Å². The van der Waals surface area contributed by atoms with Gasteiger partial charge in [0.05, 0.1) is 9.85 Å². The lowest BCUT2D eigenvalue weighted by atomic mass is 10.1. The number of esters is 1. The molecule has 0 amide bonds. The average molecular weight is 348 g/mol. The number of non-ortho nitro benzene ring substituents is 1. The standard InChI is InChI=1S/C15H16N4O6/c1-9-15(19(23)24)10(2)17(16-9)8-14(20)25-11(3)12-5-4-6-13(7-12)18(21)22/h4-7,11H,8H2,1-3H3/t11-/m1/s1. The molecule has 1 heterocycles. The molecule has 0 aliphatic carbocycles. The third-order valence-electron chi connectivity index (χ3n) is 3.66. The van der Waals surface area contributed by atoms with E-state index in [-0.39, 0.29) is 29.3 Å². The maximum absolute atomic E-state index is 12.1. The number of nitro benzene ring substituents is 1. The van der Waals surface area contributed by atoms with E-state index in [1.807, 2.05) is 0 Å². The van der Waals surface area contributed by atoms with Crippen LogP contribution < -0.4 is 0 Å². The van der Waals surface area contributed by atoms with Crippen molar-refractivity contribution in [3.05, 3.63) is 61.4 Å². The van der Waals surface area contributed by atoms with Crippen LogP contribution in [0.5, 0.6) is 0 Å². The number of carbonyl (C=O) groups excluding carboxylic acids is 1. The van der Waals surface area contributed by atoms with Crippen LogP contribution in [-0.4, -0.2) is 25.6 Å². The van der Waals surface area contributed by atoms with E-state index in [2.05, 4.69) is 5.10 Å². The van der Waals surface area contributed by atoms with E-state index in [4.69, 9.17) is 4.74 Å². The molecule has 10 nitrogen and oxygen atoms in total. The maximum atomic E-state index is 12.1. The summed E-state index contributed by atoms with van der Waals surface area (Å²) in [6.45, 7) is 4.27. The van der Waals surface area contributed by atoms with Gasteiger partial charge in [-0.15, -0.1) is 0 Å². The monoisotopic (exact) mass is 348 g/mol. The first-order chi connectivity index (χ1) is 11.7. The van der Waals surface area contributed by atoms with E-state index in [9.17, 15) is 25.0 Å². The van der Waals surface area contributed by atoms with Crippen LogP contribution >= 0.6 is 0 Å². The highest BCUT2D eigenvalue weighted by Gasteiger charge is 2.24. The van der Waals surface area contributed by atoms with E-state index >= 15 is 0 Å². The fourth-order valence-electron chi connectivity index (χ4n) is 2.42. The molecule has 2 aromatic rings. The first-order valence-corrected chi connectivity index (χ1v) is 7.33. The zero-order valence-corrected chi connectivity index (χ0v) is 13.8. The molecule has 132 valence electrons. The van der Waals surface area contributed by atoms with Gasteiger partial charge in [-0.05, 0) is 26.3 Å². The summed E-state index contributed by atoms with van der Waals surface area (Å²) in [4.78, 5) is 32.8. The number of hydrogen-bond acceptors (Lipinski definition) is 7. The Morgan fingerprint density at radius 1 is 1.28 bits per heavy atom. The quantitative estimate of drug-likeness (QED) is 0.445. The molecular formula is C15H16N4O6. The minimum atomic E-state index is -0.709. The van der Waals surface area contributed by atoms with Crippen LogP contribution in [0.25, 0.3) is 0 Å². The SMILES string of the molecule is Cc1nn(CC(=O)O[C@H](C)c2cccc([N+](=O)[O-])c2)c(C)c1[N+](=O)[O-]. The number of ether oxygens (including phenoxy) is 1. The Balaban J connectivity index is 2.10. The summed E-state index contributed by atoms with van der Waals surface area (Å²) in [7, 11) is 0. The first-order valence-electron chi connectivity index (χ1n) is 7.33. The molecule has 25 heavy (non-hydrogen) atoms. The van der Waals surface area contributed by atoms with Gasteiger partial charge in [0, 0.05) is 12.1 Å². The van der Waals surface area contributed by atoms with Gasteiger partial charge in [0.15, 0.2) is 0 Å². The Kier molecular flexibility index (Phi) is 5.11. The molecule has 0 spiro atoms. The van der Waals surface area contributed by atoms with Crippen molar-refractivity contribution in [2.45, 2.75) is 33.4 Å². The second-order valence-corrected chi connectivity index (χ2v) is 5.42. The summed E-state index contributed by atoms with van der Waals surface area (Å²) < 4.78 is 6.45. The van der Waals surface area contributed by atoms with Crippen molar-refractivity contribution in [1.82, 2.24) is 9.78 Å². The number of aromatic nitrogens is 2. The third kappa shape index (κ3) is 3.97. The summed E-state index contributed by atoms with van der Waals surface area (Å²) in [5.41, 5.74) is 0.695. The molecule has 0 bridgehead atoms. The molecule has 0 radical (unpaired) electrons. The summed E-state index contributed by atoms with van der Waals surface area (Å²) in [5.74, 6) is -0.653. The number of rotatable bonds is 6. The molecule has 0 N–H and O–H groups in total. The number of benzene rings is 1. The molecule has 0 aliphatic rings. The zero-order valence-electron chi connectivity index (χ0n) is 13.8. The molecule has 1 aromatic heterocycles. The molecule has 2 rings (SSSR count). The minimum absolute atomic E-state index is 0.102. The third-order valence-corrected chi connectivity index (χ3v) is 3.66. The minimum Gasteiger partial charge on any atom is -0.456 e. The highest BCUT2D eigenvalue weighted by atomic mass is 16.6. The van der Waals surface area contributed by atoms with Crippen LogP contribution in [0.1, 0.15) is 30.0 Å². The van der Waals surface area contributed by atoms with Gasteiger partial charge in [-0.2, -0.15) is 5.10 Å². The van der Waals surface area contributed by atoms with Crippen molar-refractivity contribution >= 4 is 17.3 Å². The van der Waals surface area contributed by atoms with Gasteiger partial charge >= 0.3 is 11.7 Å². The van der Waals surface area contributed by atoms with Gasteiger partial charge < -0.3 is 4.74 Å². The number of aryl methyl sites for hydroxylation is 1. The lowest BCUT2D eigenvalue weighted by Gasteiger charge is -2.13. The molecule has 0 aliphatic heterocycles. The van der Waals surface area contributed by atoms with Crippen LogP contribution in [0.2, 0.25) is 0 Å². The number of carbonyl (C=O) groups is 1. The second kappa shape index (κ2) is 7.07. The van der Waals surface area contributed by atoms with Crippen LogP contribution in [0.4, 0.5) is 11.4 Å². The molecule has 0 saturated carbocycles. The highest BCUT2D eigenvalue weighted by molar-refractivity contribution is 5.69. The zero-order chi connectivity index (χ0) is 18.7. The topological polar surface area (TPSA) is 130 Å². The first kappa shape index (κ1) is 18.0. The van der Waals surface area contributed by atoms with Crippen molar-refractivity contribution < 1.29 is 19.4 Å². The van der Waals surface area contributed by atoms with E-state index in [1.165, 1.54) is 36.7 Å². The van der Waals surface area contributed by atoms with Crippen LogP contribution in [0.3, 0.4) is 0 Å². The molecule has 1 aromatic carbocycles. The number of nitro groups is 2. The van der Waals surface area contributed by atoms with E-state index < -0.39 is 21.9 Å². The normalized spacial score (nSPS) is 11.8. The van der Waals surface area contributed by atoms with Gasteiger partial charge in [-0.25, -0.2) is 0 Å². The fourth-order valence-corrected chi connectivity index (χ4v) is 2.42. The Hall–Kier alpha value is -3.30. The number of nitrogens with zero attached hydrogens (tertiary/aromatic N) is 4. The Morgan fingerprint density at radius 3 is 2.52 bits per heavy atom. The molecular weight excluding hydrogens is 332 g/mol. The fraction of sp³-hybridized carbons (Fsp3) is 0.333. The highest BCUT2D eigenvalue weighted by Crippen LogP contribution is 2.24. The van der Waals surface area contributed by atoms with Crippen molar-refractivity contribution in [1.29, 1.82) is 0 Å². The van der Waals surface area contributed by atoms with Crippen LogP contribution in [0, 0.1) is 34.1 Å². The Labute approximate surface area is 142 Å². The van der Waals surface area contributed by atoms with Crippen molar-refractivity contribution in [3.63, 3.8) is 0 Å². The van der Waals surface area contributed by atoms with Gasteiger partial charge in [-0.3, -0.25) is 29.7 Å². The van der Waals surface area contributed by atoms with E-state index in [0.29, 0.717) is 5.56 Å². The van der Waals surface area contributed by atoms with E-state index in [0.717, 1.165) is 0 Å². The van der Waals surface area contributed by atoms with Crippen molar-refractivity contribution in [3.8, 4) is 0 Å². The summed E-state index contributed by atoms with van der Waals surface area (Å²) in [6, 6.07) is 5.78. The van der Waals surface area contributed by atoms with Gasteiger partial charge in [0.1, 0.15) is 24.0 Å². The Bertz CT molecular complexity index is 845. The predicted molar refractivity (Wildman–Crippen MR) is 86.0 cm³/mol. The van der Waals surface area contributed by atoms with Gasteiger partial charge in [0.25, 0.3) is 5.69 Å². The van der Waals surface area contributed by atoms with Crippen LogP contribution in [0.15, 0.2) is 24.3 Å². The summed E-state index contributed by atoms with van der Waals surface area (Å²) in [5, 5.41) is 25.7. The van der Waals surface area contributed by atoms with Crippen molar-refractivity contribution in [2.75, 3.05) is 0 Å². The largest absolute Gasteiger partial charge is 0.456 e. The molecule has 0 fully saturated rings. The predicted octanol–water partition coefficient (Wildman–Crippen LogP) is 2.62. The smallest absolute Gasteiger partial charge is 0.328 e. The lowest BCUT2D eigenvalue weighted by Crippen LogP contribution is -2.17. The molecule has 1 atom stereocenters. The van der Waals surface area contributed by atoms with Crippen molar-refractivity contribution in [2.24, 2.45) is 0 Å². The summed E-state index contributed by atoms with van der Waals surface area (Å²) in [6.07, 6.45) is -0.709. The average Bonchev–Trinajstić information content (AvgIpc) is 2.81. The molecule has 0 unspecified atom stereocenters.